The molecule has 0 amide bonds. The van der Waals surface area contributed by atoms with Crippen LogP contribution in [-0.2, 0) is 12.0 Å². The Hall–Kier alpha value is -2.25. The highest BCUT2D eigenvalue weighted by atomic mass is 19.1. The second-order valence-corrected chi connectivity index (χ2v) is 6.30. The number of nitriles is 1. The summed E-state index contributed by atoms with van der Waals surface area (Å²) in [5.41, 5.74) is 1.55. The van der Waals surface area contributed by atoms with Gasteiger partial charge in [-0.15, -0.1) is 0 Å². The first kappa shape index (κ1) is 15.6. The first-order valence-corrected chi connectivity index (χ1v) is 7.93. The van der Waals surface area contributed by atoms with E-state index in [-0.39, 0.29) is 5.82 Å². The highest BCUT2D eigenvalue weighted by Crippen LogP contribution is 2.35. The van der Waals surface area contributed by atoms with E-state index in [1.807, 2.05) is 18.2 Å². The molecular formula is C19H20FN3. The third-order valence-electron chi connectivity index (χ3n) is 4.60. The third kappa shape index (κ3) is 3.25. The first-order valence-electron chi connectivity index (χ1n) is 7.93. The Morgan fingerprint density at radius 2 is 1.96 bits per heavy atom. The van der Waals surface area contributed by atoms with E-state index < -0.39 is 5.41 Å². The van der Waals surface area contributed by atoms with Crippen LogP contribution in [0.4, 0.5) is 4.39 Å². The highest BCUT2D eigenvalue weighted by molar-refractivity contribution is 5.30. The van der Waals surface area contributed by atoms with Gasteiger partial charge in [-0.1, -0.05) is 30.3 Å². The van der Waals surface area contributed by atoms with Crippen molar-refractivity contribution in [2.75, 3.05) is 13.1 Å². The van der Waals surface area contributed by atoms with Crippen LogP contribution in [0.1, 0.15) is 29.7 Å². The summed E-state index contributed by atoms with van der Waals surface area (Å²) in [6, 6.07) is 14.1. The maximum absolute atomic E-state index is 14.3. The molecule has 0 atom stereocenters. The lowest BCUT2D eigenvalue weighted by Crippen LogP contribution is -2.42. The van der Waals surface area contributed by atoms with Gasteiger partial charge < -0.3 is 0 Å². The van der Waals surface area contributed by atoms with Crippen molar-refractivity contribution < 1.29 is 4.39 Å². The Kier molecular flexibility index (Phi) is 4.40. The Morgan fingerprint density at radius 1 is 1.26 bits per heavy atom. The monoisotopic (exact) mass is 309 g/mol. The maximum Gasteiger partial charge on any atom is 0.146 e. The normalized spacial score (nSPS) is 17.6. The van der Waals surface area contributed by atoms with Gasteiger partial charge in [-0.2, -0.15) is 5.26 Å². The summed E-state index contributed by atoms with van der Waals surface area (Å²) in [7, 11) is 0. The molecule has 2 aromatic rings. The summed E-state index contributed by atoms with van der Waals surface area (Å²) in [5, 5.41) is 9.69. The van der Waals surface area contributed by atoms with Crippen LogP contribution < -0.4 is 0 Å². The molecule has 0 radical (unpaired) electrons. The van der Waals surface area contributed by atoms with Crippen molar-refractivity contribution in [3.8, 4) is 6.07 Å². The molecule has 0 N–H and O–H groups in total. The summed E-state index contributed by atoms with van der Waals surface area (Å²) in [4.78, 5) is 6.55. The molecule has 4 heteroatoms. The fraction of sp³-hybridized carbons (Fsp3) is 0.368. The van der Waals surface area contributed by atoms with Crippen LogP contribution >= 0.6 is 0 Å². The fourth-order valence-corrected chi connectivity index (χ4v) is 3.22. The van der Waals surface area contributed by atoms with Crippen LogP contribution in [0.2, 0.25) is 0 Å². The minimum absolute atomic E-state index is 0.310. The van der Waals surface area contributed by atoms with Gasteiger partial charge in [0.1, 0.15) is 11.2 Å². The molecule has 1 aromatic heterocycles. The van der Waals surface area contributed by atoms with E-state index in [9.17, 15) is 9.65 Å². The number of piperidine rings is 1. The number of nitrogens with zero attached hydrogens (tertiary/aromatic N) is 3. The molecule has 2 heterocycles. The van der Waals surface area contributed by atoms with Crippen LogP contribution in [-0.4, -0.2) is 23.0 Å². The molecule has 1 fully saturated rings. The van der Waals surface area contributed by atoms with Crippen molar-refractivity contribution in [1.82, 2.24) is 9.88 Å². The minimum Gasteiger partial charge on any atom is -0.299 e. The first-order chi connectivity index (χ1) is 11.1. The van der Waals surface area contributed by atoms with Gasteiger partial charge in [0, 0.05) is 25.8 Å². The minimum atomic E-state index is -0.801. The molecule has 1 aromatic carbocycles. The van der Waals surface area contributed by atoms with Gasteiger partial charge in [0.2, 0.25) is 0 Å². The summed E-state index contributed by atoms with van der Waals surface area (Å²) in [6.45, 7) is 4.22. The molecule has 3 rings (SSSR count). The number of hydrogen-bond donors (Lipinski definition) is 0. The van der Waals surface area contributed by atoms with Crippen LogP contribution in [0.5, 0.6) is 0 Å². The molecule has 0 unspecified atom stereocenters. The van der Waals surface area contributed by atoms with Crippen molar-refractivity contribution in [3.05, 3.63) is 65.2 Å². The van der Waals surface area contributed by atoms with Crippen LogP contribution in [0.25, 0.3) is 0 Å². The van der Waals surface area contributed by atoms with Crippen LogP contribution in [0, 0.1) is 24.1 Å². The smallest absolute Gasteiger partial charge is 0.146 e. The number of rotatable bonds is 3. The van der Waals surface area contributed by atoms with Gasteiger partial charge in [-0.25, -0.2) is 4.39 Å². The molecule has 0 bridgehead atoms. The van der Waals surface area contributed by atoms with Crippen molar-refractivity contribution >= 4 is 0 Å². The zero-order chi connectivity index (χ0) is 16.3. The molecule has 23 heavy (non-hydrogen) atoms. The Bertz CT molecular complexity index is 713. The second-order valence-electron chi connectivity index (χ2n) is 6.30. The van der Waals surface area contributed by atoms with E-state index >= 15 is 0 Å². The van der Waals surface area contributed by atoms with Gasteiger partial charge in [0.25, 0.3) is 0 Å². The summed E-state index contributed by atoms with van der Waals surface area (Å²) in [6.07, 6.45) is 2.88. The Labute approximate surface area is 136 Å². The largest absolute Gasteiger partial charge is 0.299 e. The SMILES string of the molecule is Cc1cnc(C2(C#N)CCN(Cc3ccccc3)CC2)c(F)c1. The van der Waals surface area contributed by atoms with E-state index in [1.165, 1.54) is 11.6 Å². The van der Waals surface area contributed by atoms with E-state index in [0.717, 1.165) is 25.2 Å². The predicted molar refractivity (Wildman–Crippen MR) is 87.2 cm³/mol. The van der Waals surface area contributed by atoms with Gasteiger partial charge in [0.15, 0.2) is 0 Å². The number of likely N-dealkylation sites (tertiary alicyclic amines) is 1. The molecule has 1 saturated heterocycles. The predicted octanol–water partition coefficient (Wildman–Crippen LogP) is 3.59. The summed E-state index contributed by atoms with van der Waals surface area (Å²) < 4.78 is 14.3. The van der Waals surface area contributed by atoms with Crippen molar-refractivity contribution in [2.24, 2.45) is 0 Å². The Morgan fingerprint density at radius 3 is 2.57 bits per heavy atom. The lowest BCUT2D eigenvalue weighted by atomic mass is 9.76. The fourth-order valence-electron chi connectivity index (χ4n) is 3.22. The number of benzene rings is 1. The third-order valence-corrected chi connectivity index (χ3v) is 4.60. The second kappa shape index (κ2) is 6.47. The molecule has 0 spiro atoms. The number of aromatic nitrogens is 1. The van der Waals surface area contributed by atoms with Gasteiger partial charge in [0.05, 0.1) is 11.8 Å². The zero-order valence-electron chi connectivity index (χ0n) is 13.3. The highest BCUT2D eigenvalue weighted by Gasteiger charge is 2.39. The van der Waals surface area contributed by atoms with Crippen molar-refractivity contribution in [2.45, 2.75) is 31.7 Å². The lowest BCUT2D eigenvalue weighted by Gasteiger charge is -2.37. The van der Waals surface area contributed by atoms with E-state index in [4.69, 9.17) is 0 Å². The van der Waals surface area contributed by atoms with Crippen LogP contribution in [0.15, 0.2) is 42.6 Å². The molecular weight excluding hydrogens is 289 g/mol. The van der Waals surface area contributed by atoms with Crippen molar-refractivity contribution in [3.63, 3.8) is 0 Å². The standard InChI is InChI=1S/C19H20FN3/c1-15-11-17(20)18(22-12-15)19(14-21)7-9-23(10-8-19)13-16-5-3-2-4-6-16/h2-6,11-12H,7-10,13H2,1H3. The maximum atomic E-state index is 14.3. The quantitative estimate of drug-likeness (QED) is 0.870. The molecule has 0 saturated carbocycles. The van der Waals surface area contributed by atoms with Gasteiger partial charge in [-0.05, 0) is 37.0 Å². The number of halogens is 1. The summed E-state index contributed by atoms with van der Waals surface area (Å²) in [5.74, 6) is -0.358. The molecule has 118 valence electrons. The Balaban J connectivity index is 1.74. The molecule has 3 nitrogen and oxygen atoms in total. The van der Waals surface area contributed by atoms with Crippen molar-refractivity contribution in [1.29, 1.82) is 5.26 Å². The average Bonchev–Trinajstić information content (AvgIpc) is 2.57. The molecule has 1 aliphatic rings. The van der Waals surface area contributed by atoms with E-state index in [2.05, 4.69) is 28.1 Å². The van der Waals surface area contributed by atoms with E-state index in [1.54, 1.807) is 13.1 Å². The van der Waals surface area contributed by atoms with Gasteiger partial charge >= 0.3 is 0 Å². The number of aryl methyl sites for hydroxylation is 1. The molecule has 0 aliphatic carbocycles. The van der Waals surface area contributed by atoms with Gasteiger partial charge in [-0.3, -0.25) is 9.88 Å². The zero-order valence-corrected chi connectivity index (χ0v) is 13.3. The lowest BCUT2D eigenvalue weighted by molar-refractivity contribution is 0.174. The summed E-state index contributed by atoms with van der Waals surface area (Å²) >= 11 is 0. The number of hydrogen-bond acceptors (Lipinski definition) is 3. The van der Waals surface area contributed by atoms with Crippen LogP contribution in [0.3, 0.4) is 0 Å². The topological polar surface area (TPSA) is 39.9 Å². The molecule has 1 aliphatic heterocycles. The average molecular weight is 309 g/mol. The van der Waals surface area contributed by atoms with E-state index in [0.29, 0.717) is 18.5 Å². The number of pyridine rings is 1.